The molecule has 5 heteroatoms. The second-order valence-corrected chi connectivity index (χ2v) is 7.34. The van der Waals surface area contributed by atoms with Gasteiger partial charge in [-0.05, 0) is 30.4 Å². The minimum absolute atomic E-state index is 0.0221. The van der Waals surface area contributed by atoms with E-state index in [2.05, 4.69) is 19.2 Å². The van der Waals surface area contributed by atoms with Crippen LogP contribution in [0.2, 0.25) is 5.02 Å². The highest BCUT2D eigenvalue weighted by Crippen LogP contribution is 2.27. The first kappa shape index (κ1) is 18.3. The molecule has 1 amide bonds. The number of carbonyl (C=O) groups is 1. The maximum atomic E-state index is 11.8. The molecule has 0 aliphatic carbocycles. The first-order valence-electron chi connectivity index (χ1n) is 7.19. The van der Waals surface area contributed by atoms with E-state index in [0.29, 0.717) is 18.7 Å². The van der Waals surface area contributed by atoms with Gasteiger partial charge in [-0.15, -0.1) is 11.8 Å². The van der Waals surface area contributed by atoms with Crippen molar-refractivity contribution in [1.29, 1.82) is 0 Å². The number of hydrogen-bond acceptors (Lipinski definition) is 3. The number of amides is 1. The summed E-state index contributed by atoms with van der Waals surface area (Å²) in [5.41, 5.74) is 0.0221. The second-order valence-electron chi connectivity index (χ2n) is 5.80. The second kappa shape index (κ2) is 9.34. The Morgan fingerprint density at radius 2 is 2.10 bits per heavy atom. The van der Waals surface area contributed by atoms with Gasteiger partial charge in [0, 0.05) is 30.2 Å². The summed E-state index contributed by atoms with van der Waals surface area (Å²) < 4.78 is 0. The average molecular weight is 330 g/mol. The Labute approximate surface area is 136 Å². The molecule has 2 N–H and O–H groups in total. The molecule has 0 atom stereocenters. The molecule has 0 aliphatic heterocycles. The first-order chi connectivity index (χ1) is 9.94. The molecule has 3 nitrogen and oxygen atoms in total. The van der Waals surface area contributed by atoms with Crippen molar-refractivity contribution >= 4 is 29.3 Å². The van der Waals surface area contributed by atoms with E-state index in [9.17, 15) is 4.79 Å². The third-order valence-corrected chi connectivity index (χ3v) is 4.72. The van der Waals surface area contributed by atoms with Crippen LogP contribution in [0.15, 0.2) is 29.2 Å². The van der Waals surface area contributed by atoms with Crippen LogP contribution >= 0.6 is 23.4 Å². The molecule has 0 radical (unpaired) electrons. The number of thioether (sulfide) groups is 1. The summed E-state index contributed by atoms with van der Waals surface area (Å²) in [7, 11) is 0. The van der Waals surface area contributed by atoms with E-state index in [0.717, 1.165) is 22.8 Å². The quantitative estimate of drug-likeness (QED) is 0.678. The van der Waals surface area contributed by atoms with Crippen LogP contribution in [0.5, 0.6) is 0 Å². The molecule has 0 fully saturated rings. The smallest absolute Gasteiger partial charge is 0.220 e. The lowest BCUT2D eigenvalue weighted by Gasteiger charge is -2.24. The molecule has 1 aromatic carbocycles. The number of benzene rings is 1. The Bertz CT molecular complexity index is 452. The van der Waals surface area contributed by atoms with Gasteiger partial charge in [-0.2, -0.15) is 0 Å². The molecule has 0 heterocycles. The van der Waals surface area contributed by atoms with Gasteiger partial charge in [0.25, 0.3) is 0 Å². The minimum Gasteiger partial charge on any atom is -0.396 e. The van der Waals surface area contributed by atoms with Crippen molar-refractivity contribution in [2.75, 3.05) is 18.9 Å². The van der Waals surface area contributed by atoms with Crippen molar-refractivity contribution in [3.05, 3.63) is 29.3 Å². The standard InChI is InChI=1S/C16H24ClNO2S/c1-16(2,9-5-10-19)12-18-15(20)8-11-21-14-7-4-3-6-13(14)17/h3-4,6-7,19H,5,8-12H2,1-2H3,(H,18,20). The molecule has 118 valence electrons. The molecule has 1 aromatic rings. The number of rotatable bonds is 9. The lowest BCUT2D eigenvalue weighted by molar-refractivity contribution is -0.121. The third kappa shape index (κ3) is 7.74. The summed E-state index contributed by atoms with van der Waals surface area (Å²) in [6, 6.07) is 7.65. The maximum absolute atomic E-state index is 11.8. The van der Waals surface area contributed by atoms with Crippen LogP contribution in [-0.4, -0.2) is 29.9 Å². The summed E-state index contributed by atoms with van der Waals surface area (Å²) in [6.07, 6.45) is 2.15. The van der Waals surface area contributed by atoms with Crippen molar-refractivity contribution < 1.29 is 9.90 Å². The van der Waals surface area contributed by atoms with Crippen molar-refractivity contribution in [1.82, 2.24) is 5.32 Å². The van der Waals surface area contributed by atoms with E-state index in [-0.39, 0.29) is 17.9 Å². The van der Waals surface area contributed by atoms with E-state index >= 15 is 0 Å². The highest BCUT2D eigenvalue weighted by molar-refractivity contribution is 7.99. The van der Waals surface area contributed by atoms with Crippen LogP contribution in [-0.2, 0) is 4.79 Å². The Morgan fingerprint density at radius 1 is 1.38 bits per heavy atom. The molecule has 0 spiro atoms. The molecule has 0 bridgehead atoms. The van der Waals surface area contributed by atoms with E-state index < -0.39 is 0 Å². The monoisotopic (exact) mass is 329 g/mol. The topological polar surface area (TPSA) is 49.3 Å². The molecule has 0 saturated carbocycles. The van der Waals surface area contributed by atoms with Crippen LogP contribution < -0.4 is 5.32 Å². The fraction of sp³-hybridized carbons (Fsp3) is 0.562. The SMILES string of the molecule is CC(C)(CCCO)CNC(=O)CCSc1ccccc1Cl. The Kier molecular flexibility index (Phi) is 8.15. The molecular formula is C16H24ClNO2S. The van der Waals surface area contributed by atoms with Gasteiger partial charge in [-0.3, -0.25) is 4.79 Å². The van der Waals surface area contributed by atoms with Gasteiger partial charge >= 0.3 is 0 Å². The predicted octanol–water partition coefficient (Wildman–Crippen LogP) is 3.74. The van der Waals surface area contributed by atoms with Gasteiger partial charge in [0.15, 0.2) is 0 Å². The highest BCUT2D eigenvalue weighted by atomic mass is 35.5. The Balaban J connectivity index is 2.24. The zero-order valence-electron chi connectivity index (χ0n) is 12.7. The fourth-order valence-corrected chi connectivity index (χ4v) is 3.08. The van der Waals surface area contributed by atoms with Crippen LogP contribution in [0, 0.1) is 5.41 Å². The normalized spacial score (nSPS) is 11.4. The molecule has 21 heavy (non-hydrogen) atoms. The minimum atomic E-state index is 0.0221. The lowest BCUT2D eigenvalue weighted by Crippen LogP contribution is -2.34. The first-order valence-corrected chi connectivity index (χ1v) is 8.56. The number of carbonyl (C=O) groups excluding carboxylic acids is 1. The van der Waals surface area contributed by atoms with Gasteiger partial charge in [-0.25, -0.2) is 0 Å². The summed E-state index contributed by atoms with van der Waals surface area (Å²) in [4.78, 5) is 12.8. The van der Waals surface area contributed by atoms with Crippen LogP contribution in [0.4, 0.5) is 0 Å². The van der Waals surface area contributed by atoms with Gasteiger partial charge < -0.3 is 10.4 Å². The molecule has 0 aromatic heterocycles. The van der Waals surface area contributed by atoms with E-state index in [1.54, 1.807) is 11.8 Å². The molecular weight excluding hydrogens is 306 g/mol. The van der Waals surface area contributed by atoms with Crippen molar-refractivity contribution in [2.24, 2.45) is 5.41 Å². The van der Waals surface area contributed by atoms with Crippen molar-refractivity contribution in [3.63, 3.8) is 0 Å². The largest absolute Gasteiger partial charge is 0.396 e. The molecule has 0 aliphatic rings. The predicted molar refractivity (Wildman–Crippen MR) is 89.9 cm³/mol. The van der Waals surface area contributed by atoms with Crippen LogP contribution in [0.25, 0.3) is 0 Å². The maximum Gasteiger partial charge on any atom is 0.220 e. The van der Waals surface area contributed by atoms with Gasteiger partial charge in [0.2, 0.25) is 5.91 Å². The number of hydrogen-bond donors (Lipinski definition) is 2. The van der Waals surface area contributed by atoms with Crippen LogP contribution in [0.3, 0.4) is 0 Å². The third-order valence-electron chi connectivity index (χ3n) is 3.20. The van der Waals surface area contributed by atoms with Crippen molar-refractivity contribution in [3.8, 4) is 0 Å². The van der Waals surface area contributed by atoms with E-state index in [4.69, 9.17) is 16.7 Å². The van der Waals surface area contributed by atoms with Gasteiger partial charge in [-0.1, -0.05) is 37.6 Å². The van der Waals surface area contributed by atoms with Crippen molar-refractivity contribution in [2.45, 2.75) is 38.0 Å². The summed E-state index contributed by atoms with van der Waals surface area (Å²) in [5.74, 6) is 0.777. The summed E-state index contributed by atoms with van der Waals surface area (Å²) in [6.45, 7) is 5.04. The summed E-state index contributed by atoms with van der Waals surface area (Å²) in [5, 5.41) is 12.5. The van der Waals surface area contributed by atoms with Crippen LogP contribution in [0.1, 0.15) is 33.1 Å². The number of halogens is 1. The number of nitrogens with one attached hydrogen (secondary N) is 1. The highest BCUT2D eigenvalue weighted by Gasteiger charge is 2.18. The zero-order chi connectivity index (χ0) is 15.7. The molecule has 0 saturated heterocycles. The molecule has 0 unspecified atom stereocenters. The van der Waals surface area contributed by atoms with Gasteiger partial charge in [0.05, 0.1) is 5.02 Å². The number of aliphatic hydroxyl groups excluding tert-OH is 1. The Morgan fingerprint density at radius 3 is 2.76 bits per heavy atom. The molecule has 1 rings (SSSR count). The zero-order valence-corrected chi connectivity index (χ0v) is 14.3. The Hall–Kier alpha value is -0.710. The fourth-order valence-electron chi connectivity index (χ4n) is 1.89. The lowest BCUT2D eigenvalue weighted by atomic mass is 9.88. The number of aliphatic hydroxyl groups is 1. The van der Waals surface area contributed by atoms with E-state index in [1.165, 1.54) is 0 Å². The van der Waals surface area contributed by atoms with Gasteiger partial charge in [0.1, 0.15) is 0 Å². The van der Waals surface area contributed by atoms with E-state index in [1.807, 2.05) is 24.3 Å². The summed E-state index contributed by atoms with van der Waals surface area (Å²) >= 11 is 7.66. The average Bonchev–Trinajstić information content (AvgIpc) is 2.45.